The standard InChI is InChI=1S/C22H26N6O3S/c1-28-12-24-18-10-17(27-21(20(18)22(28)29)26-14-4-5-14)13-3-6-16(19(9-13)32(2,30)31)25-15-7-8-23-11-15/h3,6,9-10,12,14-15,23,25H,4-5,7-8,11H2,1-2H3,(H,26,27)/t15-/m1/s1. The molecule has 3 N–H and O–H groups in total. The van der Waals surface area contributed by atoms with Gasteiger partial charge in [0.1, 0.15) is 11.2 Å². The fourth-order valence-corrected chi connectivity index (χ4v) is 4.87. The molecule has 1 aromatic carbocycles. The Kier molecular flexibility index (Phi) is 5.13. The second-order valence-electron chi connectivity index (χ2n) is 8.65. The highest BCUT2D eigenvalue weighted by Gasteiger charge is 2.25. The van der Waals surface area contributed by atoms with Crippen molar-refractivity contribution < 1.29 is 8.42 Å². The zero-order chi connectivity index (χ0) is 22.5. The fraction of sp³-hybridized carbons (Fsp3) is 0.409. The van der Waals surface area contributed by atoms with Crippen molar-refractivity contribution in [3.63, 3.8) is 0 Å². The van der Waals surface area contributed by atoms with Crippen molar-refractivity contribution in [3.8, 4) is 11.3 Å². The number of benzene rings is 1. The van der Waals surface area contributed by atoms with Gasteiger partial charge in [0.05, 0.1) is 28.1 Å². The summed E-state index contributed by atoms with van der Waals surface area (Å²) >= 11 is 0. The molecule has 32 heavy (non-hydrogen) atoms. The quantitative estimate of drug-likeness (QED) is 0.516. The Labute approximate surface area is 186 Å². The lowest BCUT2D eigenvalue weighted by Gasteiger charge is -2.17. The van der Waals surface area contributed by atoms with Crippen molar-refractivity contribution in [1.82, 2.24) is 19.9 Å². The number of sulfone groups is 1. The van der Waals surface area contributed by atoms with Crippen LogP contribution in [-0.4, -0.2) is 54.4 Å². The normalized spacial score (nSPS) is 18.8. The zero-order valence-corrected chi connectivity index (χ0v) is 18.9. The predicted molar refractivity (Wildman–Crippen MR) is 125 cm³/mol. The van der Waals surface area contributed by atoms with E-state index in [4.69, 9.17) is 4.98 Å². The molecule has 3 heterocycles. The molecule has 3 aromatic rings. The average molecular weight is 455 g/mol. The molecular formula is C22H26N6O3S. The summed E-state index contributed by atoms with van der Waals surface area (Å²) < 4.78 is 26.6. The van der Waals surface area contributed by atoms with E-state index in [9.17, 15) is 13.2 Å². The van der Waals surface area contributed by atoms with E-state index in [0.29, 0.717) is 39.7 Å². The molecule has 1 aliphatic heterocycles. The summed E-state index contributed by atoms with van der Waals surface area (Å²) in [6, 6.07) is 7.52. The van der Waals surface area contributed by atoms with Crippen LogP contribution in [0.3, 0.4) is 0 Å². The number of nitrogens with one attached hydrogen (secondary N) is 3. The number of nitrogens with zero attached hydrogens (tertiary/aromatic N) is 3. The molecule has 168 valence electrons. The molecule has 1 saturated carbocycles. The first-order valence-electron chi connectivity index (χ1n) is 10.7. The average Bonchev–Trinajstić information content (AvgIpc) is 3.42. The van der Waals surface area contributed by atoms with Gasteiger partial charge in [-0.25, -0.2) is 18.4 Å². The van der Waals surface area contributed by atoms with Crippen LogP contribution in [0.1, 0.15) is 19.3 Å². The van der Waals surface area contributed by atoms with Gasteiger partial charge in [-0.15, -0.1) is 0 Å². The van der Waals surface area contributed by atoms with E-state index in [1.165, 1.54) is 17.2 Å². The van der Waals surface area contributed by atoms with Gasteiger partial charge in [0.15, 0.2) is 9.84 Å². The molecule has 5 rings (SSSR count). The molecule has 0 bridgehead atoms. The van der Waals surface area contributed by atoms with Gasteiger partial charge in [0.25, 0.3) is 5.56 Å². The smallest absolute Gasteiger partial charge is 0.264 e. The molecule has 0 radical (unpaired) electrons. The van der Waals surface area contributed by atoms with E-state index in [-0.39, 0.29) is 16.5 Å². The van der Waals surface area contributed by atoms with Gasteiger partial charge in [0, 0.05) is 37.5 Å². The third-order valence-corrected chi connectivity index (χ3v) is 7.05. The predicted octanol–water partition coefficient (Wildman–Crippen LogP) is 1.75. The number of rotatable bonds is 6. The molecule has 2 aromatic heterocycles. The third kappa shape index (κ3) is 4.07. The third-order valence-electron chi connectivity index (χ3n) is 5.92. The fourth-order valence-electron chi connectivity index (χ4n) is 4.00. The van der Waals surface area contributed by atoms with Crippen LogP contribution in [-0.2, 0) is 16.9 Å². The van der Waals surface area contributed by atoms with E-state index in [1.807, 2.05) is 6.07 Å². The van der Waals surface area contributed by atoms with Gasteiger partial charge in [0.2, 0.25) is 0 Å². The molecular weight excluding hydrogens is 428 g/mol. The van der Waals surface area contributed by atoms with Crippen molar-refractivity contribution in [2.24, 2.45) is 7.05 Å². The first-order chi connectivity index (χ1) is 15.3. The Hall–Kier alpha value is -2.98. The van der Waals surface area contributed by atoms with E-state index in [1.54, 1.807) is 25.2 Å². The molecule has 1 aliphatic carbocycles. The lowest BCUT2D eigenvalue weighted by atomic mass is 10.1. The number of aromatic nitrogens is 3. The van der Waals surface area contributed by atoms with Crippen LogP contribution in [0.4, 0.5) is 11.5 Å². The number of hydrogen-bond donors (Lipinski definition) is 3. The lowest BCUT2D eigenvalue weighted by molar-refractivity contribution is 0.602. The summed E-state index contributed by atoms with van der Waals surface area (Å²) in [7, 11) is -1.81. The molecule has 2 aliphatic rings. The SMILES string of the molecule is Cn1cnc2cc(-c3ccc(N[C@@H]4CCNC4)c(S(C)(=O)=O)c3)nc(NC3CC3)c2c1=O. The summed E-state index contributed by atoms with van der Waals surface area (Å²) in [5, 5.41) is 10.4. The first-order valence-corrected chi connectivity index (χ1v) is 12.6. The minimum absolute atomic E-state index is 0.168. The Morgan fingerprint density at radius 1 is 1.12 bits per heavy atom. The van der Waals surface area contributed by atoms with Gasteiger partial charge in [-0.3, -0.25) is 4.79 Å². The van der Waals surface area contributed by atoms with E-state index in [2.05, 4.69) is 20.9 Å². The Bertz CT molecular complexity index is 1360. The Balaban J connectivity index is 1.63. The van der Waals surface area contributed by atoms with E-state index < -0.39 is 9.84 Å². The van der Waals surface area contributed by atoms with Gasteiger partial charge < -0.3 is 20.5 Å². The van der Waals surface area contributed by atoms with Crippen LogP contribution < -0.4 is 21.5 Å². The van der Waals surface area contributed by atoms with Gasteiger partial charge in [-0.1, -0.05) is 6.07 Å². The summed E-state index contributed by atoms with van der Waals surface area (Å²) in [6.45, 7) is 1.71. The number of fused-ring (bicyclic) bond motifs is 1. The molecule has 0 unspecified atom stereocenters. The maximum absolute atomic E-state index is 12.7. The minimum atomic E-state index is -3.47. The second-order valence-corrected chi connectivity index (χ2v) is 10.6. The molecule has 2 fully saturated rings. The van der Waals surface area contributed by atoms with Gasteiger partial charge in [-0.2, -0.15) is 0 Å². The van der Waals surface area contributed by atoms with Crippen LogP contribution in [0.25, 0.3) is 22.2 Å². The topological polar surface area (TPSA) is 118 Å². The summed E-state index contributed by atoms with van der Waals surface area (Å²) in [6.07, 6.45) is 5.70. The number of anilines is 2. The second kappa shape index (κ2) is 7.86. The molecule has 10 heteroatoms. The van der Waals surface area contributed by atoms with Crippen LogP contribution in [0, 0.1) is 0 Å². The van der Waals surface area contributed by atoms with Crippen molar-refractivity contribution in [2.75, 3.05) is 30.0 Å². The van der Waals surface area contributed by atoms with Crippen LogP contribution >= 0.6 is 0 Å². The van der Waals surface area contributed by atoms with Crippen LogP contribution in [0.15, 0.2) is 40.3 Å². The molecule has 1 atom stereocenters. The van der Waals surface area contributed by atoms with Crippen LogP contribution in [0.5, 0.6) is 0 Å². The van der Waals surface area contributed by atoms with Crippen molar-refractivity contribution >= 4 is 32.2 Å². The Morgan fingerprint density at radius 3 is 2.62 bits per heavy atom. The molecule has 9 nitrogen and oxygen atoms in total. The van der Waals surface area contributed by atoms with Gasteiger partial charge in [-0.05, 0) is 44.0 Å². The highest BCUT2D eigenvalue weighted by Crippen LogP contribution is 2.32. The number of hydrogen-bond acceptors (Lipinski definition) is 8. The van der Waals surface area contributed by atoms with Crippen LogP contribution in [0.2, 0.25) is 0 Å². The van der Waals surface area contributed by atoms with Crippen molar-refractivity contribution in [3.05, 3.63) is 40.9 Å². The summed E-state index contributed by atoms with van der Waals surface area (Å²) in [4.78, 5) is 22.1. The largest absolute Gasteiger partial charge is 0.380 e. The lowest BCUT2D eigenvalue weighted by Crippen LogP contribution is -2.23. The van der Waals surface area contributed by atoms with Crippen molar-refractivity contribution in [2.45, 2.75) is 36.2 Å². The Morgan fingerprint density at radius 2 is 1.94 bits per heavy atom. The first kappa shape index (κ1) is 20.9. The molecule has 1 saturated heterocycles. The highest BCUT2D eigenvalue weighted by atomic mass is 32.2. The number of aryl methyl sites for hydroxylation is 1. The van der Waals surface area contributed by atoms with Crippen molar-refractivity contribution in [1.29, 1.82) is 0 Å². The summed E-state index contributed by atoms with van der Waals surface area (Å²) in [5.41, 5.74) is 2.18. The minimum Gasteiger partial charge on any atom is -0.380 e. The monoisotopic (exact) mass is 454 g/mol. The van der Waals surface area contributed by atoms with E-state index >= 15 is 0 Å². The summed E-state index contributed by atoms with van der Waals surface area (Å²) in [5.74, 6) is 0.494. The van der Waals surface area contributed by atoms with Gasteiger partial charge >= 0.3 is 0 Å². The number of pyridine rings is 1. The molecule has 0 spiro atoms. The van der Waals surface area contributed by atoms with E-state index in [0.717, 1.165) is 32.4 Å². The maximum Gasteiger partial charge on any atom is 0.264 e. The maximum atomic E-state index is 12.7. The molecule has 0 amide bonds. The zero-order valence-electron chi connectivity index (χ0n) is 18.1. The highest BCUT2D eigenvalue weighted by molar-refractivity contribution is 7.90.